The molecule has 6 rings (SSSR count). The zero-order chi connectivity index (χ0) is 36.9. The lowest BCUT2D eigenvalue weighted by molar-refractivity contribution is -0.146. The molecule has 1 saturated heterocycles. The third-order valence-electron chi connectivity index (χ3n) is 10.6. The summed E-state index contributed by atoms with van der Waals surface area (Å²) >= 11 is 0. The summed E-state index contributed by atoms with van der Waals surface area (Å²) in [5.74, 6) is -2.43. The van der Waals surface area contributed by atoms with Crippen molar-refractivity contribution >= 4 is 44.5 Å². The molecule has 2 aliphatic carbocycles. The molecule has 51 heavy (non-hydrogen) atoms. The Morgan fingerprint density at radius 2 is 1.71 bits per heavy atom. The van der Waals surface area contributed by atoms with Gasteiger partial charge >= 0.3 is 5.97 Å². The smallest absolute Gasteiger partial charge is 0.319 e. The predicted molar refractivity (Wildman–Crippen MR) is 193 cm³/mol. The molecule has 13 heteroatoms. The standard InChI is InChI=1S/C38H51N5O7S/c1-7-27-17-38(27,36(47)41-51(48,49)29-14-15-29)40-34(45)30-16-28(42-19-25-12-8-10-24-11-9-13-26(20-42)32(24)25)21-43(30)35(46)33(37(4,5)6)39-18-31(44)50-22-23(2)3/h7-13,23,27-30,33,39H,1,14-22H2,2-6H3,(H,40,45)(H,41,47)/t27-,28-,30+,33-,38-/m1/s1. The highest BCUT2D eigenvalue weighted by molar-refractivity contribution is 7.91. The number of likely N-dealkylation sites (tertiary alicyclic amines) is 1. The van der Waals surface area contributed by atoms with Crippen LogP contribution in [-0.2, 0) is 47.0 Å². The van der Waals surface area contributed by atoms with E-state index in [0.717, 1.165) is 0 Å². The average molecular weight is 722 g/mol. The first-order valence-electron chi connectivity index (χ1n) is 18.0. The average Bonchev–Trinajstić information content (AvgIpc) is 3.99. The number of carbonyl (C=O) groups excluding carboxylic acids is 4. The van der Waals surface area contributed by atoms with Gasteiger partial charge in [0, 0.05) is 31.6 Å². The molecule has 2 saturated carbocycles. The van der Waals surface area contributed by atoms with E-state index in [1.165, 1.54) is 21.9 Å². The van der Waals surface area contributed by atoms with Crippen molar-refractivity contribution in [3.05, 3.63) is 60.2 Å². The van der Waals surface area contributed by atoms with Crippen LogP contribution in [0.4, 0.5) is 0 Å². The van der Waals surface area contributed by atoms with Crippen molar-refractivity contribution in [3.63, 3.8) is 0 Å². The number of esters is 1. The molecule has 3 amide bonds. The highest BCUT2D eigenvalue weighted by Crippen LogP contribution is 2.46. The molecule has 12 nitrogen and oxygen atoms in total. The molecule has 2 aromatic carbocycles. The first-order valence-corrected chi connectivity index (χ1v) is 19.5. The maximum absolute atomic E-state index is 14.6. The second kappa shape index (κ2) is 14.0. The molecule has 0 radical (unpaired) electrons. The fourth-order valence-corrected chi connectivity index (χ4v) is 8.90. The molecule has 0 aromatic heterocycles. The Morgan fingerprint density at radius 3 is 2.25 bits per heavy atom. The second-order valence-electron chi connectivity index (χ2n) is 16.2. The van der Waals surface area contributed by atoms with Gasteiger partial charge in [-0.25, -0.2) is 8.42 Å². The topological polar surface area (TPSA) is 154 Å². The molecule has 3 N–H and O–H groups in total. The minimum Gasteiger partial charge on any atom is -0.464 e. The Morgan fingerprint density at radius 1 is 1.06 bits per heavy atom. The molecule has 0 spiro atoms. The summed E-state index contributed by atoms with van der Waals surface area (Å²) in [5.41, 5.74) is 0.230. The molecule has 4 aliphatic rings. The first-order chi connectivity index (χ1) is 24.0. The van der Waals surface area contributed by atoms with Gasteiger partial charge in [0.05, 0.1) is 24.4 Å². The van der Waals surface area contributed by atoms with Crippen molar-refractivity contribution in [2.24, 2.45) is 17.3 Å². The van der Waals surface area contributed by atoms with Crippen LogP contribution in [0.1, 0.15) is 71.4 Å². The van der Waals surface area contributed by atoms with Gasteiger partial charge in [0.25, 0.3) is 5.91 Å². The number of ether oxygens (including phenoxy) is 1. The lowest BCUT2D eigenvalue weighted by Crippen LogP contribution is -2.60. The van der Waals surface area contributed by atoms with Gasteiger partial charge in [-0.2, -0.15) is 0 Å². The van der Waals surface area contributed by atoms with Gasteiger partial charge in [0.2, 0.25) is 21.8 Å². The van der Waals surface area contributed by atoms with Crippen LogP contribution in [0.15, 0.2) is 49.1 Å². The summed E-state index contributed by atoms with van der Waals surface area (Å²) in [6, 6.07) is 10.5. The number of hydrogen-bond donors (Lipinski definition) is 3. The zero-order valence-electron chi connectivity index (χ0n) is 30.2. The zero-order valence-corrected chi connectivity index (χ0v) is 31.1. The van der Waals surface area contributed by atoms with Crippen molar-refractivity contribution in [1.29, 1.82) is 0 Å². The maximum atomic E-state index is 14.6. The van der Waals surface area contributed by atoms with Crippen molar-refractivity contribution in [2.45, 2.75) is 102 Å². The summed E-state index contributed by atoms with van der Waals surface area (Å²) in [4.78, 5) is 59.0. The molecule has 3 fully saturated rings. The minimum absolute atomic E-state index is 0.162. The molecule has 5 atom stereocenters. The van der Waals surface area contributed by atoms with Crippen LogP contribution in [0.25, 0.3) is 10.8 Å². The van der Waals surface area contributed by atoms with E-state index < -0.39 is 62.0 Å². The second-order valence-corrected chi connectivity index (χ2v) is 18.1. The van der Waals surface area contributed by atoms with Crippen LogP contribution in [0, 0.1) is 17.3 Å². The molecular weight excluding hydrogens is 671 g/mol. The van der Waals surface area contributed by atoms with Crippen LogP contribution in [0.3, 0.4) is 0 Å². The van der Waals surface area contributed by atoms with Gasteiger partial charge < -0.3 is 15.0 Å². The van der Waals surface area contributed by atoms with E-state index in [1.54, 1.807) is 11.0 Å². The quantitative estimate of drug-likeness (QED) is 0.209. The van der Waals surface area contributed by atoms with Gasteiger partial charge in [-0.15, -0.1) is 6.58 Å². The molecular formula is C38H51N5O7S. The van der Waals surface area contributed by atoms with Crippen LogP contribution in [0.2, 0.25) is 0 Å². The largest absolute Gasteiger partial charge is 0.464 e. The number of nitrogens with one attached hydrogen (secondary N) is 3. The molecule has 2 aliphatic heterocycles. The number of nitrogens with zero attached hydrogens (tertiary/aromatic N) is 2. The SMILES string of the molecule is C=C[C@@H]1C[C@]1(NC(=O)[C@@H]1C[C@@H](N2Cc3cccc4cccc(c34)C2)CN1C(=O)[C@@H](NCC(=O)OCC(C)C)C(C)(C)C)C(=O)NS(=O)(=O)C1CC1. The van der Waals surface area contributed by atoms with Gasteiger partial charge in [0.1, 0.15) is 11.6 Å². The van der Waals surface area contributed by atoms with E-state index in [-0.39, 0.29) is 44.0 Å². The molecule has 2 heterocycles. The normalized spacial score (nSPS) is 25.4. The molecule has 0 unspecified atom stereocenters. The Labute approximate surface area is 300 Å². The minimum atomic E-state index is -3.86. The van der Waals surface area contributed by atoms with Gasteiger partial charge in [-0.05, 0) is 58.9 Å². The van der Waals surface area contributed by atoms with Crippen molar-refractivity contribution in [2.75, 3.05) is 19.7 Å². The fraction of sp³-hybridized carbons (Fsp3) is 0.579. The monoisotopic (exact) mass is 721 g/mol. The van der Waals surface area contributed by atoms with Crippen LogP contribution in [0.5, 0.6) is 0 Å². The summed E-state index contributed by atoms with van der Waals surface area (Å²) in [6.07, 6.45) is 3.03. The predicted octanol–water partition coefficient (Wildman–Crippen LogP) is 3.00. The number of rotatable bonds is 13. The van der Waals surface area contributed by atoms with Crippen LogP contribution in [-0.4, -0.2) is 90.5 Å². The van der Waals surface area contributed by atoms with E-state index in [0.29, 0.717) is 32.4 Å². The Balaban J connectivity index is 1.26. The Kier molecular flexibility index (Phi) is 10.1. The van der Waals surface area contributed by atoms with E-state index in [9.17, 15) is 27.6 Å². The molecule has 0 bridgehead atoms. The summed E-state index contributed by atoms with van der Waals surface area (Å²) in [6.45, 7) is 15.0. The van der Waals surface area contributed by atoms with Gasteiger partial charge in [-0.1, -0.05) is 77.1 Å². The maximum Gasteiger partial charge on any atom is 0.319 e. The number of carbonyl (C=O) groups is 4. The van der Waals surface area contributed by atoms with Gasteiger partial charge in [0.15, 0.2) is 0 Å². The van der Waals surface area contributed by atoms with Crippen molar-refractivity contribution in [3.8, 4) is 0 Å². The van der Waals surface area contributed by atoms with E-state index in [4.69, 9.17) is 4.74 Å². The van der Waals surface area contributed by atoms with E-state index >= 15 is 0 Å². The van der Waals surface area contributed by atoms with Crippen molar-refractivity contribution in [1.82, 2.24) is 25.2 Å². The molecule has 2 aromatic rings. The number of hydrogen-bond acceptors (Lipinski definition) is 9. The summed E-state index contributed by atoms with van der Waals surface area (Å²) < 4.78 is 33.0. The fourth-order valence-electron chi connectivity index (χ4n) is 7.53. The number of benzene rings is 2. The highest BCUT2D eigenvalue weighted by atomic mass is 32.2. The Bertz CT molecular complexity index is 1790. The van der Waals surface area contributed by atoms with Crippen LogP contribution >= 0.6 is 0 Å². The third-order valence-corrected chi connectivity index (χ3v) is 12.4. The number of amides is 3. The van der Waals surface area contributed by atoms with E-state index in [1.807, 2.05) is 46.8 Å². The van der Waals surface area contributed by atoms with Gasteiger partial charge in [-0.3, -0.25) is 34.1 Å². The first kappa shape index (κ1) is 37.0. The Hall–Kier alpha value is -3.81. The van der Waals surface area contributed by atoms with Crippen molar-refractivity contribution < 1.29 is 32.3 Å². The highest BCUT2D eigenvalue weighted by Gasteiger charge is 2.62. The molecule has 276 valence electrons. The van der Waals surface area contributed by atoms with Crippen LogP contribution < -0.4 is 15.4 Å². The third kappa shape index (κ3) is 7.71. The lowest BCUT2D eigenvalue weighted by Gasteiger charge is -2.36. The summed E-state index contributed by atoms with van der Waals surface area (Å²) in [5, 5.41) is 7.81. The van der Waals surface area contributed by atoms with E-state index in [2.05, 4.69) is 51.1 Å². The lowest BCUT2D eigenvalue weighted by atomic mass is 9.85. The number of sulfonamides is 1. The summed E-state index contributed by atoms with van der Waals surface area (Å²) in [7, 11) is -3.86.